The number of anilines is 1. The number of para-hydroxylation sites is 2. The van der Waals surface area contributed by atoms with Crippen LogP contribution in [0.1, 0.15) is 0 Å². The number of rotatable bonds is 1. The lowest BCUT2D eigenvalue weighted by molar-refractivity contribution is 1.18. The minimum absolute atomic E-state index is 0.805. The molecule has 0 spiro atoms. The molecule has 0 atom stereocenters. The summed E-state index contributed by atoms with van der Waals surface area (Å²) >= 11 is 3.68. The molecule has 0 aliphatic rings. The zero-order valence-electron chi connectivity index (χ0n) is 11.3. The van der Waals surface area contributed by atoms with Crippen molar-refractivity contribution in [3.8, 4) is 5.69 Å². The van der Waals surface area contributed by atoms with Crippen LogP contribution in [0, 0.1) is 0 Å². The zero-order valence-corrected chi connectivity index (χ0v) is 12.8. The third-order valence-electron chi connectivity index (χ3n) is 3.81. The second-order valence-electron chi connectivity index (χ2n) is 5.05. The monoisotopic (exact) mass is 336 g/mol. The maximum absolute atomic E-state index is 6.25. The van der Waals surface area contributed by atoms with Crippen LogP contribution in [-0.2, 0) is 0 Å². The van der Waals surface area contributed by atoms with Gasteiger partial charge in [-0.3, -0.25) is 0 Å². The zero-order chi connectivity index (χ0) is 14.4. The molecule has 102 valence electrons. The van der Waals surface area contributed by atoms with Gasteiger partial charge in [-0.2, -0.15) is 0 Å². The summed E-state index contributed by atoms with van der Waals surface area (Å²) in [5.74, 6) is 0. The Balaban J connectivity index is 2.30. The SMILES string of the molecule is Nc1ccc(Br)c2c1c1ccccc1n2-c1ccccc1. The van der Waals surface area contributed by atoms with Crippen LogP contribution < -0.4 is 5.73 Å². The average Bonchev–Trinajstić information content (AvgIpc) is 2.88. The summed E-state index contributed by atoms with van der Waals surface area (Å²) in [7, 11) is 0. The van der Waals surface area contributed by atoms with Crippen molar-refractivity contribution in [1.82, 2.24) is 4.57 Å². The molecule has 0 amide bonds. The van der Waals surface area contributed by atoms with Gasteiger partial charge < -0.3 is 10.3 Å². The lowest BCUT2D eigenvalue weighted by Crippen LogP contribution is -1.94. The molecule has 0 aliphatic heterocycles. The van der Waals surface area contributed by atoms with Crippen LogP contribution in [-0.4, -0.2) is 4.57 Å². The molecule has 21 heavy (non-hydrogen) atoms. The number of halogens is 1. The number of fused-ring (bicyclic) bond motifs is 3. The van der Waals surface area contributed by atoms with E-state index < -0.39 is 0 Å². The quantitative estimate of drug-likeness (QED) is 0.480. The maximum atomic E-state index is 6.25. The van der Waals surface area contributed by atoms with Crippen molar-refractivity contribution in [3.05, 3.63) is 71.2 Å². The van der Waals surface area contributed by atoms with E-state index in [4.69, 9.17) is 5.73 Å². The number of aromatic nitrogens is 1. The molecule has 4 aromatic rings. The Kier molecular flexibility index (Phi) is 2.76. The Labute approximate surface area is 130 Å². The van der Waals surface area contributed by atoms with E-state index in [2.05, 4.69) is 69.0 Å². The van der Waals surface area contributed by atoms with Crippen LogP contribution >= 0.6 is 15.9 Å². The Hall–Kier alpha value is -2.26. The number of hydrogen-bond donors (Lipinski definition) is 1. The maximum Gasteiger partial charge on any atom is 0.0703 e. The van der Waals surface area contributed by atoms with Gasteiger partial charge in [0.15, 0.2) is 0 Å². The van der Waals surface area contributed by atoms with E-state index in [0.29, 0.717) is 0 Å². The highest BCUT2D eigenvalue weighted by Crippen LogP contribution is 2.38. The van der Waals surface area contributed by atoms with Crippen LogP contribution in [0.15, 0.2) is 71.2 Å². The number of benzene rings is 3. The molecule has 0 radical (unpaired) electrons. The molecule has 2 nitrogen and oxygen atoms in total. The molecular formula is C18H13BrN2. The van der Waals surface area contributed by atoms with Crippen LogP contribution in [0.25, 0.3) is 27.5 Å². The van der Waals surface area contributed by atoms with Crippen LogP contribution in [0.5, 0.6) is 0 Å². The standard InChI is InChI=1S/C18H13BrN2/c19-14-10-11-15(20)17-13-8-4-5-9-16(13)21(18(14)17)12-6-2-1-3-7-12/h1-11H,20H2. The van der Waals surface area contributed by atoms with Gasteiger partial charge in [-0.15, -0.1) is 0 Å². The molecule has 0 saturated heterocycles. The number of nitrogens with two attached hydrogens (primary N) is 1. The number of hydrogen-bond acceptors (Lipinski definition) is 1. The Morgan fingerprint density at radius 1 is 0.810 bits per heavy atom. The van der Waals surface area contributed by atoms with E-state index in [9.17, 15) is 0 Å². The Morgan fingerprint density at radius 2 is 1.52 bits per heavy atom. The molecule has 1 aromatic heterocycles. The minimum atomic E-state index is 0.805. The minimum Gasteiger partial charge on any atom is -0.398 e. The van der Waals surface area contributed by atoms with E-state index in [-0.39, 0.29) is 0 Å². The summed E-state index contributed by atoms with van der Waals surface area (Å²) in [6, 6.07) is 22.7. The first-order valence-corrected chi connectivity index (χ1v) is 7.59. The summed E-state index contributed by atoms with van der Waals surface area (Å²) in [4.78, 5) is 0. The van der Waals surface area contributed by atoms with Crippen LogP contribution in [0.4, 0.5) is 5.69 Å². The van der Waals surface area contributed by atoms with E-state index in [0.717, 1.165) is 32.3 Å². The third-order valence-corrected chi connectivity index (χ3v) is 4.45. The van der Waals surface area contributed by atoms with E-state index in [1.54, 1.807) is 0 Å². The van der Waals surface area contributed by atoms with Crippen LogP contribution in [0.2, 0.25) is 0 Å². The third kappa shape index (κ3) is 1.78. The van der Waals surface area contributed by atoms with Gasteiger partial charge in [0.05, 0.1) is 11.0 Å². The van der Waals surface area contributed by atoms with Gasteiger partial charge in [0.2, 0.25) is 0 Å². The van der Waals surface area contributed by atoms with Crippen LogP contribution in [0.3, 0.4) is 0 Å². The molecule has 0 fully saturated rings. The van der Waals surface area contributed by atoms with Gasteiger partial charge >= 0.3 is 0 Å². The highest BCUT2D eigenvalue weighted by atomic mass is 79.9. The predicted octanol–water partition coefficient (Wildman–Crippen LogP) is 5.13. The summed E-state index contributed by atoms with van der Waals surface area (Å²) in [6.07, 6.45) is 0. The highest BCUT2D eigenvalue weighted by molar-refractivity contribution is 9.10. The first kappa shape index (κ1) is 12.5. The van der Waals surface area contributed by atoms with Crippen molar-refractivity contribution in [2.75, 3.05) is 5.73 Å². The predicted molar refractivity (Wildman–Crippen MR) is 92.9 cm³/mol. The molecule has 1 heterocycles. The Morgan fingerprint density at radius 3 is 2.33 bits per heavy atom. The second-order valence-corrected chi connectivity index (χ2v) is 5.90. The average molecular weight is 337 g/mol. The molecule has 4 rings (SSSR count). The normalized spacial score (nSPS) is 11.3. The van der Waals surface area contributed by atoms with Gasteiger partial charge in [-0.25, -0.2) is 0 Å². The van der Waals surface area contributed by atoms with Gasteiger partial charge in [-0.1, -0.05) is 36.4 Å². The molecule has 3 heteroatoms. The molecule has 2 N–H and O–H groups in total. The van der Waals surface area contributed by atoms with Crippen molar-refractivity contribution in [1.29, 1.82) is 0 Å². The first-order valence-electron chi connectivity index (χ1n) is 6.80. The van der Waals surface area contributed by atoms with Gasteiger partial charge in [-0.05, 0) is 46.3 Å². The highest BCUT2D eigenvalue weighted by Gasteiger charge is 2.15. The number of nitrogens with zero attached hydrogens (tertiary/aromatic N) is 1. The lowest BCUT2D eigenvalue weighted by Gasteiger charge is -2.09. The molecule has 0 bridgehead atoms. The van der Waals surface area contributed by atoms with Gasteiger partial charge in [0.25, 0.3) is 0 Å². The summed E-state index contributed by atoms with van der Waals surface area (Å²) in [6.45, 7) is 0. The van der Waals surface area contributed by atoms with E-state index in [1.807, 2.05) is 18.2 Å². The topological polar surface area (TPSA) is 30.9 Å². The summed E-state index contributed by atoms with van der Waals surface area (Å²) in [5, 5.41) is 2.28. The molecule has 0 aliphatic carbocycles. The fourth-order valence-electron chi connectivity index (χ4n) is 2.93. The van der Waals surface area contributed by atoms with Crippen molar-refractivity contribution in [3.63, 3.8) is 0 Å². The van der Waals surface area contributed by atoms with Crippen molar-refractivity contribution in [2.45, 2.75) is 0 Å². The van der Waals surface area contributed by atoms with Gasteiger partial charge in [0, 0.05) is 26.6 Å². The van der Waals surface area contributed by atoms with E-state index >= 15 is 0 Å². The number of nitrogen functional groups attached to an aromatic ring is 1. The first-order chi connectivity index (χ1) is 10.3. The smallest absolute Gasteiger partial charge is 0.0703 e. The largest absolute Gasteiger partial charge is 0.398 e. The lowest BCUT2D eigenvalue weighted by atomic mass is 10.1. The van der Waals surface area contributed by atoms with Crippen molar-refractivity contribution < 1.29 is 0 Å². The molecule has 0 unspecified atom stereocenters. The molecule has 3 aromatic carbocycles. The summed E-state index contributed by atoms with van der Waals surface area (Å²) < 4.78 is 3.30. The van der Waals surface area contributed by atoms with E-state index in [1.165, 1.54) is 5.39 Å². The molecular weight excluding hydrogens is 324 g/mol. The second kappa shape index (κ2) is 4.64. The fraction of sp³-hybridized carbons (Fsp3) is 0. The Bertz CT molecular complexity index is 955. The summed E-state index contributed by atoms with van der Waals surface area (Å²) in [5.41, 5.74) is 10.5. The molecule has 0 saturated carbocycles. The fourth-order valence-corrected chi connectivity index (χ4v) is 3.44. The van der Waals surface area contributed by atoms with Gasteiger partial charge in [0.1, 0.15) is 0 Å². The van der Waals surface area contributed by atoms with Crippen molar-refractivity contribution >= 4 is 43.4 Å². The van der Waals surface area contributed by atoms with Crippen molar-refractivity contribution in [2.24, 2.45) is 0 Å².